The molecular formula is C19H30N2O2. The summed E-state index contributed by atoms with van der Waals surface area (Å²) in [5.74, 6) is 2.39. The van der Waals surface area contributed by atoms with E-state index in [1.165, 1.54) is 64.0 Å². The van der Waals surface area contributed by atoms with Gasteiger partial charge in [-0.2, -0.15) is 0 Å². The van der Waals surface area contributed by atoms with Crippen LogP contribution in [0.15, 0.2) is 18.2 Å². The van der Waals surface area contributed by atoms with Crippen LogP contribution in [0.4, 0.5) is 0 Å². The maximum atomic E-state index is 5.41. The molecule has 1 aromatic carbocycles. The Bertz CT molecular complexity index is 478. The summed E-state index contributed by atoms with van der Waals surface area (Å²) in [5, 5.41) is 0. The molecule has 0 N–H and O–H groups in total. The Kier molecular flexibility index (Phi) is 5.79. The number of methoxy groups -OCH3 is 2. The summed E-state index contributed by atoms with van der Waals surface area (Å²) in [4.78, 5) is 5.25. The zero-order valence-electron chi connectivity index (χ0n) is 14.6. The number of piperidine rings is 1. The minimum atomic E-state index is 0.598. The van der Waals surface area contributed by atoms with Crippen LogP contribution in [0.25, 0.3) is 0 Å². The highest BCUT2D eigenvalue weighted by Gasteiger charge is 2.25. The molecule has 2 aliphatic rings. The Labute approximate surface area is 140 Å². The Morgan fingerprint density at radius 2 is 1.52 bits per heavy atom. The van der Waals surface area contributed by atoms with Gasteiger partial charge in [-0.3, -0.25) is 0 Å². The summed E-state index contributed by atoms with van der Waals surface area (Å²) in [5.41, 5.74) is 1.35. The van der Waals surface area contributed by atoms with Gasteiger partial charge in [-0.15, -0.1) is 0 Å². The number of ether oxygens (including phenoxy) is 2. The van der Waals surface area contributed by atoms with Crippen molar-refractivity contribution in [2.24, 2.45) is 0 Å². The largest absolute Gasteiger partial charge is 0.497 e. The molecule has 2 heterocycles. The molecule has 1 atom stereocenters. The second kappa shape index (κ2) is 8.02. The lowest BCUT2D eigenvalue weighted by atomic mass is 9.98. The van der Waals surface area contributed by atoms with Crippen LogP contribution in [-0.4, -0.2) is 63.3 Å². The maximum absolute atomic E-state index is 5.41. The number of benzene rings is 1. The van der Waals surface area contributed by atoms with Crippen molar-refractivity contribution in [2.45, 2.75) is 31.6 Å². The molecule has 0 saturated carbocycles. The van der Waals surface area contributed by atoms with Crippen molar-refractivity contribution in [1.82, 2.24) is 9.80 Å². The van der Waals surface area contributed by atoms with E-state index in [-0.39, 0.29) is 0 Å². The summed E-state index contributed by atoms with van der Waals surface area (Å²) < 4.78 is 10.8. The molecule has 4 heteroatoms. The molecule has 1 unspecified atom stereocenters. The minimum absolute atomic E-state index is 0.598. The summed E-state index contributed by atoms with van der Waals surface area (Å²) >= 11 is 0. The van der Waals surface area contributed by atoms with E-state index in [4.69, 9.17) is 9.47 Å². The average Bonchev–Trinajstić information content (AvgIpc) is 3.09. The zero-order chi connectivity index (χ0) is 16.1. The Balaban J connectivity index is 1.54. The van der Waals surface area contributed by atoms with Crippen LogP contribution in [0.5, 0.6) is 11.5 Å². The van der Waals surface area contributed by atoms with Gasteiger partial charge >= 0.3 is 0 Å². The molecule has 2 saturated heterocycles. The number of hydrogen-bond donors (Lipinski definition) is 0. The molecule has 2 fully saturated rings. The first-order chi connectivity index (χ1) is 11.3. The molecule has 0 aromatic heterocycles. The van der Waals surface area contributed by atoms with Crippen molar-refractivity contribution in [3.8, 4) is 11.5 Å². The van der Waals surface area contributed by atoms with Crippen LogP contribution in [0.3, 0.4) is 0 Å². The van der Waals surface area contributed by atoms with Crippen LogP contribution in [-0.2, 0) is 0 Å². The maximum Gasteiger partial charge on any atom is 0.122 e. The second-order valence-corrected chi connectivity index (χ2v) is 6.83. The predicted octanol–water partition coefficient (Wildman–Crippen LogP) is 2.98. The van der Waals surface area contributed by atoms with E-state index in [0.717, 1.165) is 18.0 Å². The molecular weight excluding hydrogens is 288 g/mol. The van der Waals surface area contributed by atoms with Gasteiger partial charge in [0.25, 0.3) is 0 Å². The highest BCUT2D eigenvalue weighted by Crippen LogP contribution is 2.32. The van der Waals surface area contributed by atoms with E-state index in [9.17, 15) is 0 Å². The number of hydrogen-bond acceptors (Lipinski definition) is 4. The fourth-order valence-electron chi connectivity index (χ4n) is 3.84. The van der Waals surface area contributed by atoms with Gasteiger partial charge in [-0.1, -0.05) is 6.42 Å². The second-order valence-electron chi connectivity index (χ2n) is 6.83. The average molecular weight is 318 g/mol. The van der Waals surface area contributed by atoms with Gasteiger partial charge in [0.2, 0.25) is 0 Å². The summed E-state index contributed by atoms with van der Waals surface area (Å²) in [6, 6.07) is 6.29. The Morgan fingerprint density at radius 3 is 2.17 bits per heavy atom. The van der Waals surface area contributed by atoms with Gasteiger partial charge in [0.05, 0.1) is 14.2 Å². The first-order valence-electron chi connectivity index (χ1n) is 8.96. The van der Waals surface area contributed by atoms with Crippen LogP contribution < -0.4 is 9.47 Å². The zero-order valence-corrected chi connectivity index (χ0v) is 14.6. The topological polar surface area (TPSA) is 24.9 Å². The molecule has 0 radical (unpaired) electrons. The lowest BCUT2D eigenvalue weighted by molar-refractivity contribution is 0.195. The summed E-state index contributed by atoms with van der Waals surface area (Å²) in [6.07, 6.45) is 5.41. The van der Waals surface area contributed by atoms with Gasteiger partial charge in [0.15, 0.2) is 0 Å². The predicted molar refractivity (Wildman–Crippen MR) is 93.6 cm³/mol. The molecule has 1 aromatic rings. The molecule has 23 heavy (non-hydrogen) atoms. The van der Waals surface area contributed by atoms with Crippen LogP contribution in [0.1, 0.15) is 37.2 Å². The van der Waals surface area contributed by atoms with E-state index >= 15 is 0 Å². The van der Waals surface area contributed by atoms with Crippen LogP contribution in [0, 0.1) is 0 Å². The third-order valence-electron chi connectivity index (χ3n) is 5.30. The standard InChI is InChI=1S/C19H30N2O2/c1-22-18-12-17(13-19(14-18)23-2)16-6-9-21(15-16)11-10-20-7-4-3-5-8-20/h12-14,16H,3-11,15H2,1-2H3. The fraction of sp³-hybridized carbons (Fsp3) is 0.684. The molecule has 3 rings (SSSR count). The highest BCUT2D eigenvalue weighted by molar-refractivity contribution is 5.40. The third kappa shape index (κ3) is 4.39. The van der Waals surface area contributed by atoms with Crippen molar-refractivity contribution in [3.05, 3.63) is 23.8 Å². The van der Waals surface area contributed by atoms with Crippen LogP contribution >= 0.6 is 0 Å². The van der Waals surface area contributed by atoms with Gasteiger partial charge in [-0.25, -0.2) is 0 Å². The Morgan fingerprint density at radius 1 is 0.870 bits per heavy atom. The minimum Gasteiger partial charge on any atom is -0.497 e. The van der Waals surface area contributed by atoms with Crippen molar-refractivity contribution in [1.29, 1.82) is 0 Å². The third-order valence-corrected chi connectivity index (χ3v) is 5.30. The number of likely N-dealkylation sites (tertiary alicyclic amines) is 2. The molecule has 4 nitrogen and oxygen atoms in total. The highest BCUT2D eigenvalue weighted by atomic mass is 16.5. The monoisotopic (exact) mass is 318 g/mol. The van der Waals surface area contributed by atoms with Crippen molar-refractivity contribution in [3.63, 3.8) is 0 Å². The number of nitrogens with zero attached hydrogens (tertiary/aromatic N) is 2. The molecule has 0 aliphatic carbocycles. The molecule has 2 aliphatic heterocycles. The Hall–Kier alpha value is -1.26. The summed E-state index contributed by atoms with van der Waals surface area (Å²) in [7, 11) is 3.44. The van der Waals surface area contributed by atoms with E-state index in [1.807, 2.05) is 6.07 Å². The quantitative estimate of drug-likeness (QED) is 0.805. The van der Waals surface area contributed by atoms with E-state index in [2.05, 4.69) is 21.9 Å². The lowest BCUT2D eigenvalue weighted by Gasteiger charge is -2.28. The first kappa shape index (κ1) is 16.6. The normalized spacial score (nSPS) is 23.1. The van der Waals surface area contributed by atoms with Crippen LogP contribution in [0.2, 0.25) is 0 Å². The molecule has 128 valence electrons. The van der Waals surface area contributed by atoms with Gasteiger partial charge < -0.3 is 19.3 Å². The first-order valence-corrected chi connectivity index (χ1v) is 8.96. The molecule has 0 bridgehead atoms. The van der Waals surface area contributed by atoms with E-state index in [1.54, 1.807) is 14.2 Å². The van der Waals surface area contributed by atoms with Crippen molar-refractivity contribution in [2.75, 3.05) is 53.5 Å². The fourth-order valence-corrected chi connectivity index (χ4v) is 3.84. The van der Waals surface area contributed by atoms with E-state index < -0.39 is 0 Å². The van der Waals surface area contributed by atoms with Crippen molar-refractivity contribution >= 4 is 0 Å². The summed E-state index contributed by atoms with van der Waals surface area (Å²) in [6.45, 7) is 7.39. The van der Waals surface area contributed by atoms with Gasteiger partial charge in [-0.05, 0) is 62.5 Å². The van der Waals surface area contributed by atoms with Gasteiger partial charge in [0, 0.05) is 25.7 Å². The lowest BCUT2D eigenvalue weighted by Crippen LogP contribution is -2.37. The molecule has 0 spiro atoms. The smallest absolute Gasteiger partial charge is 0.122 e. The number of rotatable bonds is 6. The SMILES string of the molecule is COc1cc(OC)cc(C2CCN(CCN3CCCCC3)C2)c1. The van der Waals surface area contributed by atoms with Crippen molar-refractivity contribution < 1.29 is 9.47 Å². The van der Waals surface area contributed by atoms with Gasteiger partial charge in [0.1, 0.15) is 11.5 Å². The molecule has 0 amide bonds. The van der Waals surface area contributed by atoms with E-state index in [0.29, 0.717) is 5.92 Å².